The van der Waals surface area contributed by atoms with Gasteiger partial charge in [-0.25, -0.2) is 0 Å². The van der Waals surface area contributed by atoms with E-state index in [1.165, 1.54) is 0 Å². The van der Waals surface area contributed by atoms with Crippen LogP contribution in [-0.2, 0) is 4.79 Å². The predicted octanol–water partition coefficient (Wildman–Crippen LogP) is 0.138. The summed E-state index contributed by atoms with van der Waals surface area (Å²) in [6.45, 7) is 5.85. The van der Waals surface area contributed by atoms with E-state index in [0.717, 1.165) is 0 Å². The molecule has 1 unspecified atom stereocenters. The third-order valence-corrected chi connectivity index (χ3v) is 3.11. The summed E-state index contributed by atoms with van der Waals surface area (Å²) < 4.78 is 5.34. The zero-order chi connectivity index (χ0) is 13.8. The maximum absolute atomic E-state index is 12.4. The molecule has 0 saturated carbocycles. The molecule has 1 fully saturated rings. The van der Waals surface area contributed by atoms with E-state index in [4.69, 9.17) is 4.42 Å². The molecule has 0 bridgehead atoms. The van der Waals surface area contributed by atoms with Crippen LogP contribution in [0.5, 0.6) is 0 Å². The van der Waals surface area contributed by atoms with Crippen molar-refractivity contribution in [3.05, 3.63) is 23.7 Å². The van der Waals surface area contributed by atoms with Crippen LogP contribution in [0, 0.1) is 6.92 Å². The second kappa shape index (κ2) is 5.88. The Morgan fingerprint density at radius 1 is 1.53 bits per heavy atom. The number of furan rings is 1. The largest absolute Gasteiger partial charge is 0.456 e. The molecule has 0 spiro atoms. The van der Waals surface area contributed by atoms with E-state index in [1.54, 1.807) is 24.0 Å². The first-order chi connectivity index (χ1) is 9.13. The van der Waals surface area contributed by atoms with Crippen LogP contribution in [-0.4, -0.2) is 48.9 Å². The van der Waals surface area contributed by atoms with Crippen LogP contribution in [0.25, 0.3) is 0 Å². The summed E-state index contributed by atoms with van der Waals surface area (Å²) in [6, 6.07) is 2.91. The Bertz CT molecular complexity index is 469. The maximum atomic E-state index is 12.4. The molecule has 1 aliphatic heterocycles. The number of nitrogens with one attached hydrogen (secondary N) is 2. The second-order valence-electron chi connectivity index (χ2n) is 4.52. The lowest BCUT2D eigenvalue weighted by Crippen LogP contribution is -2.59. The van der Waals surface area contributed by atoms with E-state index < -0.39 is 6.04 Å². The molecule has 0 aromatic carbocycles. The average molecular weight is 265 g/mol. The zero-order valence-corrected chi connectivity index (χ0v) is 11.2. The van der Waals surface area contributed by atoms with Crippen molar-refractivity contribution in [3.8, 4) is 0 Å². The molecule has 1 atom stereocenters. The van der Waals surface area contributed by atoms with Gasteiger partial charge in [-0.3, -0.25) is 9.59 Å². The molecule has 1 saturated heterocycles. The summed E-state index contributed by atoms with van der Waals surface area (Å²) in [5, 5.41) is 5.88. The zero-order valence-electron chi connectivity index (χ0n) is 11.2. The van der Waals surface area contributed by atoms with Crippen LogP contribution >= 0.6 is 0 Å². The fourth-order valence-electron chi connectivity index (χ4n) is 2.16. The summed E-state index contributed by atoms with van der Waals surface area (Å²) in [5.41, 5.74) is 0. The predicted molar refractivity (Wildman–Crippen MR) is 69.8 cm³/mol. The summed E-state index contributed by atoms with van der Waals surface area (Å²) in [7, 11) is 0. The van der Waals surface area contributed by atoms with Gasteiger partial charge in [0.2, 0.25) is 5.91 Å². The molecular formula is C13H19N3O3. The molecule has 1 aromatic rings. The summed E-state index contributed by atoms with van der Waals surface area (Å²) in [6.07, 6.45) is 0. The molecule has 0 aliphatic carbocycles. The number of aryl methyl sites for hydroxylation is 1. The van der Waals surface area contributed by atoms with Crippen molar-refractivity contribution in [2.45, 2.75) is 19.9 Å². The van der Waals surface area contributed by atoms with E-state index in [2.05, 4.69) is 10.6 Å². The van der Waals surface area contributed by atoms with Crippen molar-refractivity contribution in [1.82, 2.24) is 15.5 Å². The van der Waals surface area contributed by atoms with Crippen LogP contribution in [0.15, 0.2) is 16.5 Å². The minimum absolute atomic E-state index is 0.133. The fraction of sp³-hybridized carbons (Fsp3) is 0.538. The number of likely N-dealkylation sites (N-methyl/N-ethyl adjacent to an activating group) is 1. The highest BCUT2D eigenvalue weighted by atomic mass is 16.3. The first-order valence-corrected chi connectivity index (χ1v) is 6.49. The Hall–Kier alpha value is -1.82. The highest BCUT2D eigenvalue weighted by Gasteiger charge is 2.33. The van der Waals surface area contributed by atoms with Gasteiger partial charge in [-0.1, -0.05) is 0 Å². The monoisotopic (exact) mass is 265 g/mol. The van der Waals surface area contributed by atoms with Crippen LogP contribution < -0.4 is 10.6 Å². The second-order valence-corrected chi connectivity index (χ2v) is 4.52. The normalized spacial score (nSPS) is 19.3. The lowest BCUT2D eigenvalue weighted by Gasteiger charge is -2.34. The molecule has 1 aromatic heterocycles. The standard InChI is InChI=1S/C13H19N3O3/c1-3-15-12(17)10-8-14-6-7-16(10)13(18)11-5-4-9(2)19-11/h4-5,10,14H,3,6-8H2,1-2H3,(H,15,17). The van der Waals surface area contributed by atoms with E-state index >= 15 is 0 Å². The van der Waals surface area contributed by atoms with Gasteiger partial charge in [-0.2, -0.15) is 0 Å². The number of piperazine rings is 1. The Kier molecular flexibility index (Phi) is 4.21. The number of carbonyl (C=O) groups is 2. The lowest BCUT2D eigenvalue weighted by atomic mass is 10.1. The Labute approximate surface area is 112 Å². The minimum Gasteiger partial charge on any atom is -0.456 e. The van der Waals surface area contributed by atoms with Crippen LogP contribution in [0.4, 0.5) is 0 Å². The third-order valence-electron chi connectivity index (χ3n) is 3.11. The van der Waals surface area contributed by atoms with E-state index in [9.17, 15) is 9.59 Å². The molecule has 2 amide bonds. The van der Waals surface area contributed by atoms with Crippen LogP contribution in [0.1, 0.15) is 23.2 Å². The van der Waals surface area contributed by atoms with Crippen molar-refractivity contribution in [3.63, 3.8) is 0 Å². The number of rotatable bonds is 3. The van der Waals surface area contributed by atoms with Gasteiger partial charge >= 0.3 is 0 Å². The van der Waals surface area contributed by atoms with Crippen LogP contribution in [0.2, 0.25) is 0 Å². The van der Waals surface area contributed by atoms with Gasteiger partial charge in [0.05, 0.1) is 0 Å². The summed E-state index contributed by atoms with van der Waals surface area (Å²) in [5.74, 6) is 0.610. The van der Waals surface area contributed by atoms with Gasteiger partial charge in [0.1, 0.15) is 11.8 Å². The number of amides is 2. The number of nitrogens with zero attached hydrogens (tertiary/aromatic N) is 1. The van der Waals surface area contributed by atoms with Crippen molar-refractivity contribution >= 4 is 11.8 Å². The molecule has 2 N–H and O–H groups in total. The van der Waals surface area contributed by atoms with E-state index in [1.807, 2.05) is 6.92 Å². The van der Waals surface area contributed by atoms with Crippen molar-refractivity contribution in [2.24, 2.45) is 0 Å². The first kappa shape index (κ1) is 13.6. The molecule has 104 valence electrons. The van der Waals surface area contributed by atoms with Crippen LogP contribution in [0.3, 0.4) is 0 Å². The molecule has 1 aliphatic rings. The SMILES string of the molecule is CCNC(=O)C1CNCCN1C(=O)c1ccc(C)o1. The topological polar surface area (TPSA) is 74.6 Å². The van der Waals surface area contributed by atoms with E-state index in [-0.39, 0.29) is 17.6 Å². The molecular weight excluding hydrogens is 246 g/mol. The van der Waals surface area contributed by atoms with Gasteiger partial charge in [0, 0.05) is 26.2 Å². The Balaban J connectivity index is 2.15. The average Bonchev–Trinajstić information content (AvgIpc) is 2.85. The van der Waals surface area contributed by atoms with Gasteiger partial charge in [0.25, 0.3) is 5.91 Å². The van der Waals surface area contributed by atoms with Crippen molar-refractivity contribution in [2.75, 3.05) is 26.2 Å². The highest BCUT2D eigenvalue weighted by Crippen LogP contribution is 2.13. The molecule has 6 heteroatoms. The van der Waals surface area contributed by atoms with Gasteiger partial charge in [-0.05, 0) is 26.0 Å². The third kappa shape index (κ3) is 2.96. The summed E-state index contributed by atoms with van der Waals surface area (Å²) >= 11 is 0. The first-order valence-electron chi connectivity index (χ1n) is 6.49. The quantitative estimate of drug-likeness (QED) is 0.815. The Morgan fingerprint density at radius 2 is 2.32 bits per heavy atom. The smallest absolute Gasteiger partial charge is 0.290 e. The van der Waals surface area contributed by atoms with Gasteiger partial charge in [0.15, 0.2) is 5.76 Å². The van der Waals surface area contributed by atoms with Gasteiger partial charge in [-0.15, -0.1) is 0 Å². The van der Waals surface area contributed by atoms with E-state index in [0.29, 0.717) is 31.9 Å². The van der Waals surface area contributed by atoms with Crippen molar-refractivity contribution in [1.29, 1.82) is 0 Å². The highest BCUT2D eigenvalue weighted by molar-refractivity contribution is 5.95. The molecule has 2 rings (SSSR count). The fourth-order valence-corrected chi connectivity index (χ4v) is 2.16. The minimum atomic E-state index is -0.480. The number of hydrogen-bond donors (Lipinski definition) is 2. The molecule has 2 heterocycles. The van der Waals surface area contributed by atoms with Crippen molar-refractivity contribution < 1.29 is 14.0 Å². The maximum Gasteiger partial charge on any atom is 0.290 e. The molecule has 0 radical (unpaired) electrons. The summed E-state index contributed by atoms with van der Waals surface area (Å²) in [4.78, 5) is 25.9. The lowest BCUT2D eigenvalue weighted by molar-refractivity contribution is -0.126. The Morgan fingerprint density at radius 3 is 2.95 bits per heavy atom. The number of carbonyl (C=O) groups excluding carboxylic acids is 2. The molecule has 6 nitrogen and oxygen atoms in total. The van der Waals surface area contributed by atoms with Gasteiger partial charge < -0.3 is 20.0 Å². The molecule has 19 heavy (non-hydrogen) atoms. The number of hydrogen-bond acceptors (Lipinski definition) is 4.